The predicted molar refractivity (Wildman–Crippen MR) is 54.4 cm³/mol. The number of hydrogen-bond acceptors (Lipinski definition) is 2. The van der Waals surface area contributed by atoms with E-state index in [0.717, 1.165) is 13.0 Å². The van der Waals surface area contributed by atoms with Crippen LogP contribution in [0.4, 0.5) is 0 Å². The largest absolute Gasteiger partial charge is 0.376 e. The molecule has 1 rings (SSSR count). The van der Waals surface area contributed by atoms with Crippen molar-refractivity contribution in [2.75, 3.05) is 13.7 Å². The molecule has 1 aliphatic rings. The zero-order valence-electron chi connectivity index (χ0n) is 8.76. The number of rotatable bonds is 3. The van der Waals surface area contributed by atoms with Crippen LogP contribution in [0.5, 0.6) is 0 Å². The van der Waals surface area contributed by atoms with E-state index in [-0.39, 0.29) is 0 Å². The Morgan fingerprint density at radius 2 is 2.38 bits per heavy atom. The van der Waals surface area contributed by atoms with Crippen LogP contribution in [0.3, 0.4) is 0 Å². The van der Waals surface area contributed by atoms with E-state index in [9.17, 15) is 0 Å². The van der Waals surface area contributed by atoms with Gasteiger partial charge in [-0.3, -0.25) is 0 Å². The van der Waals surface area contributed by atoms with Gasteiger partial charge in [-0.25, -0.2) is 0 Å². The lowest BCUT2D eigenvalue weighted by Gasteiger charge is -2.23. The second kappa shape index (κ2) is 5.26. The first-order valence-corrected chi connectivity index (χ1v) is 4.98. The lowest BCUT2D eigenvalue weighted by atomic mass is 9.96. The second-order valence-corrected chi connectivity index (χ2v) is 3.63. The zero-order chi connectivity index (χ0) is 9.68. The molecule has 1 saturated heterocycles. The van der Waals surface area contributed by atoms with Crippen molar-refractivity contribution in [1.29, 1.82) is 0 Å². The normalized spacial score (nSPS) is 29.5. The van der Waals surface area contributed by atoms with Crippen molar-refractivity contribution in [2.24, 2.45) is 5.92 Å². The Labute approximate surface area is 81.0 Å². The van der Waals surface area contributed by atoms with Crippen molar-refractivity contribution in [3.8, 4) is 11.8 Å². The molecular formula is C11H19NO. The third kappa shape index (κ3) is 2.72. The molecule has 0 aromatic carbocycles. The van der Waals surface area contributed by atoms with E-state index in [1.54, 1.807) is 0 Å². The maximum atomic E-state index is 5.69. The highest BCUT2D eigenvalue weighted by molar-refractivity contribution is 5.00. The van der Waals surface area contributed by atoms with Crippen LogP contribution in [0.15, 0.2) is 0 Å². The van der Waals surface area contributed by atoms with E-state index in [1.807, 2.05) is 14.0 Å². The molecule has 3 unspecified atom stereocenters. The van der Waals surface area contributed by atoms with Gasteiger partial charge in [0.25, 0.3) is 0 Å². The van der Waals surface area contributed by atoms with Crippen molar-refractivity contribution >= 4 is 0 Å². The van der Waals surface area contributed by atoms with Gasteiger partial charge in [0.15, 0.2) is 0 Å². The average Bonchev–Trinajstić information content (AvgIpc) is 2.54. The molecule has 3 atom stereocenters. The van der Waals surface area contributed by atoms with Gasteiger partial charge in [0.05, 0.1) is 6.10 Å². The molecule has 0 amide bonds. The third-order valence-electron chi connectivity index (χ3n) is 2.71. The molecule has 0 bridgehead atoms. The molecule has 1 N–H and O–H groups in total. The molecule has 0 radical (unpaired) electrons. The highest BCUT2D eigenvalue weighted by Gasteiger charge is 2.30. The minimum absolute atomic E-state index is 0.353. The second-order valence-electron chi connectivity index (χ2n) is 3.63. The average molecular weight is 181 g/mol. The maximum absolute atomic E-state index is 5.69. The van der Waals surface area contributed by atoms with Crippen molar-refractivity contribution < 1.29 is 4.74 Å². The first kappa shape index (κ1) is 10.6. The van der Waals surface area contributed by atoms with Gasteiger partial charge >= 0.3 is 0 Å². The van der Waals surface area contributed by atoms with E-state index in [0.29, 0.717) is 18.1 Å². The molecule has 13 heavy (non-hydrogen) atoms. The first-order valence-electron chi connectivity index (χ1n) is 4.98. The van der Waals surface area contributed by atoms with Gasteiger partial charge in [0, 0.05) is 19.1 Å². The summed E-state index contributed by atoms with van der Waals surface area (Å²) in [6, 6.07) is 0.393. The summed E-state index contributed by atoms with van der Waals surface area (Å²) in [6.07, 6.45) is 2.43. The molecule has 2 nitrogen and oxygen atoms in total. The fraction of sp³-hybridized carbons (Fsp3) is 0.818. The van der Waals surface area contributed by atoms with Crippen molar-refractivity contribution in [3.63, 3.8) is 0 Å². The maximum Gasteiger partial charge on any atom is 0.0763 e. The van der Waals surface area contributed by atoms with Gasteiger partial charge < -0.3 is 10.1 Å². The van der Waals surface area contributed by atoms with Crippen LogP contribution < -0.4 is 5.32 Å². The van der Waals surface area contributed by atoms with Crippen molar-refractivity contribution in [1.82, 2.24) is 5.32 Å². The van der Waals surface area contributed by atoms with E-state index >= 15 is 0 Å². The van der Waals surface area contributed by atoms with Crippen molar-refractivity contribution in [2.45, 2.75) is 38.8 Å². The summed E-state index contributed by atoms with van der Waals surface area (Å²) in [5, 5.41) is 3.28. The van der Waals surface area contributed by atoms with Gasteiger partial charge in [-0.2, -0.15) is 0 Å². The minimum atomic E-state index is 0.353. The molecule has 1 heterocycles. The molecule has 0 aromatic rings. The predicted octanol–water partition coefficient (Wildman–Crippen LogP) is 1.41. The molecule has 0 saturated carbocycles. The van der Waals surface area contributed by atoms with E-state index in [4.69, 9.17) is 4.74 Å². The number of nitrogens with one attached hydrogen (secondary N) is 1. The zero-order valence-corrected chi connectivity index (χ0v) is 8.76. The van der Waals surface area contributed by atoms with Crippen LogP contribution in [-0.4, -0.2) is 25.8 Å². The van der Waals surface area contributed by atoms with Gasteiger partial charge in [-0.1, -0.05) is 6.92 Å². The van der Waals surface area contributed by atoms with Crippen LogP contribution in [0.25, 0.3) is 0 Å². The lowest BCUT2D eigenvalue weighted by Crippen LogP contribution is -2.39. The van der Waals surface area contributed by atoms with Gasteiger partial charge in [-0.05, 0) is 26.3 Å². The smallest absolute Gasteiger partial charge is 0.0763 e. The molecule has 0 aromatic heterocycles. The Morgan fingerprint density at radius 3 is 2.85 bits per heavy atom. The number of likely N-dealkylation sites (N-methyl/N-ethyl adjacent to an activating group) is 1. The minimum Gasteiger partial charge on any atom is -0.376 e. The Balaban J connectivity index is 2.47. The van der Waals surface area contributed by atoms with Gasteiger partial charge in [0.1, 0.15) is 0 Å². The van der Waals surface area contributed by atoms with E-state index < -0.39 is 0 Å². The first-order chi connectivity index (χ1) is 6.29. The lowest BCUT2D eigenvalue weighted by molar-refractivity contribution is 0.0648. The van der Waals surface area contributed by atoms with Crippen LogP contribution >= 0.6 is 0 Å². The standard InChI is InChI=1S/C11H19NO/c1-4-5-6-10(12-3)11-9(2)7-8-13-11/h9-12H,6-8H2,1-3H3. The molecule has 74 valence electrons. The van der Waals surface area contributed by atoms with Crippen LogP contribution in [0.1, 0.15) is 26.7 Å². The molecule has 1 fully saturated rings. The molecule has 2 heteroatoms. The Kier molecular flexibility index (Phi) is 4.27. The molecule has 0 spiro atoms. The summed E-state index contributed by atoms with van der Waals surface area (Å²) in [7, 11) is 1.98. The Hall–Kier alpha value is -0.520. The number of ether oxygens (including phenoxy) is 1. The summed E-state index contributed by atoms with van der Waals surface area (Å²) in [4.78, 5) is 0. The molecular weight excluding hydrogens is 162 g/mol. The number of hydrogen-bond donors (Lipinski definition) is 1. The highest BCUT2D eigenvalue weighted by atomic mass is 16.5. The quantitative estimate of drug-likeness (QED) is 0.665. The summed E-state index contributed by atoms with van der Waals surface area (Å²) in [5.74, 6) is 6.69. The van der Waals surface area contributed by atoms with Crippen LogP contribution in [-0.2, 0) is 4.74 Å². The highest BCUT2D eigenvalue weighted by Crippen LogP contribution is 2.23. The summed E-state index contributed by atoms with van der Waals surface area (Å²) in [6.45, 7) is 5.04. The Bertz CT molecular complexity index is 204. The molecule has 1 aliphatic heterocycles. The van der Waals surface area contributed by atoms with Gasteiger partial charge in [0.2, 0.25) is 0 Å². The Morgan fingerprint density at radius 1 is 1.62 bits per heavy atom. The van der Waals surface area contributed by atoms with Crippen LogP contribution in [0, 0.1) is 17.8 Å². The van der Waals surface area contributed by atoms with E-state index in [1.165, 1.54) is 6.42 Å². The van der Waals surface area contributed by atoms with E-state index in [2.05, 4.69) is 24.1 Å². The molecule has 0 aliphatic carbocycles. The fourth-order valence-corrected chi connectivity index (χ4v) is 1.83. The van der Waals surface area contributed by atoms with Gasteiger partial charge in [-0.15, -0.1) is 11.8 Å². The summed E-state index contributed by atoms with van der Waals surface area (Å²) < 4.78 is 5.69. The summed E-state index contributed by atoms with van der Waals surface area (Å²) >= 11 is 0. The SMILES string of the molecule is CC#CCC(NC)C1OCCC1C. The monoisotopic (exact) mass is 181 g/mol. The summed E-state index contributed by atoms with van der Waals surface area (Å²) in [5.41, 5.74) is 0. The third-order valence-corrected chi connectivity index (χ3v) is 2.71. The topological polar surface area (TPSA) is 21.3 Å². The van der Waals surface area contributed by atoms with Crippen LogP contribution in [0.2, 0.25) is 0 Å². The van der Waals surface area contributed by atoms with Crippen molar-refractivity contribution in [3.05, 3.63) is 0 Å². The fourth-order valence-electron chi connectivity index (χ4n) is 1.83.